The van der Waals surface area contributed by atoms with Crippen molar-refractivity contribution in [1.29, 1.82) is 0 Å². The molecule has 84 valence electrons. The second kappa shape index (κ2) is 3.70. The van der Waals surface area contributed by atoms with Crippen LogP contribution in [0.1, 0.15) is 12.5 Å². The summed E-state index contributed by atoms with van der Waals surface area (Å²) in [6.45, 7) is 1.71. The summed E-state index contributed by atoms with van der Waals surface area (Å²) in [5, 5.41) is 14.6. The lowest BCUT2D eigenvalue weighted by molar-refractivity contribution is -0.136. The molecule has 1 amide bonds. The molecule has 5 heteroatoms. The lowest BCUT2D eigenvalue weighted by Crippen LogP contribution is -2.52. The standard InChI is InChI=1S/C11H13N3O2/c1-8-11(13-16,10(15)14(2)12-8)9-6-4-3-5-7-9/h3-7,13,16H,1-2H3. The van der Waals surface area contributed by atoms with Crippen LogP contribution in [-0.2, 0) is 10.3 Å². The smallest absolute Gasteiger partial charge is 0.275 e. The quantitative estimate of drug-likeness (QED) is 0.720. The Morgan fingerprint density at radius 3 is 2.44 bits per heavy atom. The van der Waals surface area contributed by atoms with E-state index in [1.807, 2.05) is 18.2 Å². The van der Waals surface area contributed by atoms with Crippen LogP contribution in [0, 0.1) is 0 Å². The maximum atomic E-state index is 12.1. The van der Waals surface area contributed by atoms with Gasteiger partial charge in [-0.3, -0.25) is 4.79 Å². The highest BCUT2D eigenvalue weighted by molar-refractivity contribution is 6.15. The fourth-order valence-corrected chi connectivity index (χ4v) is 1.96. The Morgan fingerprint density at radius 2 is 2.00 bits per heavy atom. The maximum absolute atomic E-state index is 12.1. The number of benzene rings is 1. The average Bonchev–Trinajstić information content (AvgIpc) is 2.52. The number of carbonyl (C=O) groups excluding carboxylic acids is 1. The molecule has 1 atom stereocenters. The van der Waals surface area contributed by atoms with E-state index in [0.717, 1.165) is 0 Å². The molecular weight excluding hydrogens is 206 g/mol. The zero-order valence-corrected chi connectivity index (χ0v) is 9.14. The molecule has 0 spiro atoms. The fourth-order valence-electron chi connectivity index (χ4n) is 1.96. The Labute approximate surface area is 93.3 Å². The van der Waals surface area contributed by atoms with Gasteiger partial charge < -0.3 is 5.21 Å². The van der Waals surface area contributed by atoms with Gasteiger partial charge in [0.1, 0.15) is 0 Å². The van der Waals surface area contributed by atoms with Crippen LogP contribution in [0.2, 0.25) is 0 Å². The van der Waals surface area contributed by atoms with Crippen LogP contribution < -0.4 is 5.48 Å². The summed E-state index contributed by atoms with van der Waals surface area (Å²) in [4.78, 5) is 12.1. The Morgan fingerprint density at radius 1 is 1.38 bits per heavy atom. The lowest BCUT2D eigenvalue weighted by atomic mass is 9.86. The molecule has 5 nitrogen and oxygen atoms in total. The van der Waals surface area contributed by atoms with E-state index in [1.165, 1.54) is 5.01 Å². The molecule has 1 aliphatic heterocycles. The van der Waals surface area contributed by atoms with Crippen LogP contribution in [0.25, 0.3) is 0 Å². The molecule has 16 heavy (non-hydrogen) atoms. The highest BCUT2D eigenvalue weighted by Gasteiger charge is 2.49. The van der Waals surface area contributed by atoms with Gasteiger partial charge in [0.15, 0.2) is 5.54 Å². The third kappa shape index (κ3) is 1.26. The van der Waals surface area contributed by atoms with Crippen molar-refractivity contribution >= 4 is 11.6 Å². The number of hydrogen-bond donors (Lipinski definition) is 2. The lowest BCUT2D eigenvalue weighted by Gasteiger charge is -2.26. The molecule has 2 rings (SSSR count). The van der Waals surface area contributed by atoms with Crippen molar-refractivity contribution in [3.63, 3.8) is 0 Å². The topological polar surface area (TPSA) is 64.9 Å². The Kier molecular flexibility index (Phi) is 2.49. The summed E-state index contributed by atoms with van der Waals surface area (Å²) >= 11 is 0. The van der Waals surface area contributed by atoms with Crippen molar-refractivity contribution in [2.45, 2.75) is 12.5 Å². The van der Waals surface area contributed by atoms with Gasteiger partial charge in [0.25, 0.3) is 5.91 Å². The van der Waals surface area contributed by atoms with Gasteiger partial charge >= 0.3 is 0 Å². The van der Waals surface area contributed by atoms with Crippen LogP contribution in [0.3, 0.4) is 0 Å². The highest BCUT2D eigenvalue weighted by atomic mass is 16.5. The number of nitrogens with one attached hydrogen (secondary N) is 1. The summed E-state index contributed by atoms with van der Waals surface area (Å²) < 4.78 is 0. The van der Waals surface area contributed by atoms with Crippen molar-refractivity contribution in [3.8, 4) is 0 Å². The first-order chi connectivity index (χ1) is 7.63. The third-order valence-electron chi connectivity index (χ3n) is 2.83. The number of hydrazone groups is 1. The molecule has 0 fully saturated rings. The van der Waals surface area contributed by atoms with Crippen LogP contribution >= 0.6 is 0 Å². The molecule has 1 aliphatic rings. The van der Waals surface area contributed by atoms with Gasteiger partial charge in [0, 0.05) is 7.05 Å². The van der Waals surface area contributed by atoms with Crippen LogP contribution in [0.4, 0.5) is 0 Å². The van der Waals surface area contributed by atoms with Gasteiger partial charge in [-0.2, -0.15) is 10.6 Å². The largest absolute Gasteiger partial charge is 0.315 e. The Balaban J connectivity index is 2.57. The van der Waals surface area contributed by atoms with Crippen LogP contribution in [0.15, 0.2) is 35.4 Å². The molecule has 0 saturated carbocycles. The Hall–Kier alpha value is -1.72. The molecular formula is C11H13N3O2. The minimum absolute atomic E-state index is 0.293. The molecule has 0 bridgehead atoms. The molecule has 0 radical (unpaired) electrons. The van der Waals surface area contributed by atoms with Crippen LogP contribution in [-0.4, -0.2) is 28.9 Å². The summed E-state index contributed by atoms with van der Waals surface area (Å²) in [5.41, 5.74) is 2.06. The average molecular weight is 219 g/mol. The number of hydroxylamine groups is 1. The van der Waals surface area contributed by atoms with Crippen LogP contribution in [0.5, 0.6) is 0 Å². The van der Waals surface area contributed by atoms with E-state index in [9.17, 15) is 10.0 Å². The van der Waals surface area contributed by atoms with Gasteiger partial charge in [0.2, 0.25) is 0 Å². The molecule has 1 unspecified atom stereocenters. The third-order valence-corrected chi connectivity index (χ3v) is 2.83. The van der Waals surface area contributed by atoms with Gasteiger partial charge in [-0.05, 0) is 12.5 Å². The fraction of sp³-hybridized carbons (Fsp3) is 0.273. The molecule has 2 N–H and O–H groups in total. The van der Waals surface area contributed by atoms with Gasteiger partial charge in [0.05, 0.1) is 5.71 Å². The first-order valence-electron chi connectivity index (χ1n) is 4.93. The van der Waals surface area contributed by atoms with E-state index < -0.39 is 5.54 Å². The van der Waals surface area contributed by atoms with Crippen molar-refractivity contribution in [2.75, 3.05) is 7.05 Å². The Bertz CT molecular complexity index is 444. The number of rotatable bonds is 2. The molecule has 0 saturated heterocycles. The van der Waals surface area contributed by atoms with E-state index in [0.29, 0.717) is 11.3 Å². The normalized spacial score (nSPS) is 24.8. The monoisotopic (exact) mass is 219 g/mol. The van der Waals surface area contributed by atoms with Crippen molar-refractivity contribution in [3.05, 3.63) is 35.9 Å². The molecule has 1 heterocycles. The minimum atomic E-state index is -1.24. The summed E-state index contributed by atoms with van der Waals surface area (Å²) in [5.74, 6) is -0.293. The van der Waals surface area contributed by atoms with Crippen molar-refractivity contribution in [1.82, 2.24) is 10.5 Å². The van der Waals surface area contributed by atoms with E-state index in [1.54, 1.807) is 26.1 Å². The predicted octanol–water partition coefficient (Wildman–Crippen LogP) is 0.709. The number of amides is 1. The van der Waals surface area contributed by atoms with E-state index in [2.05, 4.69) is 10.6 Å². The number of likely N-dealkylation sites (N-methyl/N-ethyl adjacent to an activating group) is 1. The number of hydrogen-bond acceptors (Lipinski definition) is 4. The first kappa shape index (κ1) is 10.8. The van der Waals surface area contributed by atoms with Crippen molar-refractivity contribution in [2.24, 2.45) is 5.10 Å². The number of carbonyl (C=O) groups is 1. The minimum Gasteiger partial charge on any atom is -0.315 e. The highest BCUT2D eigenvalue weighted by Crippen LogP contribution is 2.29. The van der Waals surface area contributed by atoms with E-state index in [-0.39, 0.29) is 5.91 Å². The zero-order valence-electron chi connectivity index (χ0n) is 9.14. The van der Waals surface area contributed by atoms with E-state index >= 15 is 0 Å². The van der Waals surface area contributed by atoms with Gasteiger partial charge in [-0.1, -0.05) is 30.3 Å². The van der Waals surface area contributed by atoms with Crippen molar-refractivity contribution < 1.29 is 10.0 Å². The zero-order chi connectivity index (χ0) is 11.8. The first-order valence-corrected chi connectivity index (χ1v) is 4.93. The number of nitrogens with zero attached hydrogens (tertiary/aromatic N) is 2. The second-order valence-corrected chi connectivity index (χ2v) is 3.74. The predicted molar refractivity (Wildman–Crippen MR) is 58.9 cm³/mol. The summed E-state index contributed by atoms with van der Waals surface area (Å²) in [6.07, 6.45) is 0. The SMILES string of the molecule is CC1=NN(C)C(=O)C1(NO)c1ccccc1. The van der Waals surface area contributed by atoms with Gasteiger partial charge in [-0.25, -0.2) is 5.01 Å². The maximum Gasteiger partial charge on any atom is 0.275 e. The van der Waals surface area contributed by atoms with E-state index in [4.69, 9.17) is 0 Å². The molecule has 1 aromatic carbocycles. The summed E-state index contributed by atoms with van der Waals surface area (Å²) in [6, 6.07) is 9.03. The molecule has 0 aromatic heterocycles. The second-order valence-electron chi connectivity index (χ2n) is 3.74. The van der Waals surface area contributed by atoms with Gasteiger partial charge in [-0.15, -0.1) is 0 Å². The molecule has 1 aromatic rings. The molecule has 0 aliphatic carbocycles. The summed E-state index contributed by atoms with van der Waals surface area (Å²) in [7, 11) is 1.56.